The predicted molar refractivity (Wildman–Crippen MR) is 86.5 cm³/mol. The van der Waals surface area contributed by atoms with Crippen molar-refractivity contribution in [3.05, 3.63) is 40.4 Å². The zero-order chi connectivity index (χ0) is 17.9. The van der Waals surface area contributed by atoms with E-state index in [0.29, 0.717) is 10.8 Å². The zero-order valence-electron chi connectivity index (χ0n) is 12.8. The summed E-state index contributed by atoms with van der Waals surface area (Å²) < 4.78 is 14.9. The van der Waals surface area contributed by atoms with Gasteiger partial charge in [0.15, 0.2) is 6.29 Å². The highest BCUT2D eigenvalue weighted by Crippen LogP contribution is 2.22. The van der Waals surface area contributed by atoms with Crippen molar-refractivity contribution < 1.29 is 33.4 Å². The summed E-state index contributed by atoms with van der Waals surface area (Å²) in [5, 5.41) is 0. The van der Waals surface area contributed by atoms with E-state index < -0.39 is 17.9 Å². The maximum atomic E-state index is 11.7. The molecular formula is C16H15BrO7. The number of carbonyl (C=O) groups is 4. The molecule has 8 heteroatoms. The average Bonchev–Trinajstić information content (AvgIpc) is 2.58. The first kappa shape index (κ1) is 19.6. The van der Waals surface area contributed by atoms with Crippen LogP contribution in [0.2, 0.25) is 0 Å². The number of hydrogen-bond acceptors (Lipinski definition) is 7. The fourth-order valence-electron chi connectivity index (χ4n) is 1.52. The molecule has 1 aromatic carbocycles. The Labute approximate surface area is 146 Å². The van der Waals surface area contributed by atoms with Crippen molar-refractivity contribution >= 4 is 40.1 Å². The van der Waals surface area contributed by atoms with E-state index in [4.69, 9.17) is 9.47 Å². The molecule has 0 atom stereocenters. The summed E-state index contributed by atoms with van der Waals surface area (Å²) in [6, 6.07) is 4.68. The van der Waals surface area contributed by atoms with E-state index in [1.165, 1.54) is 19.2 Å². The molecule has 0 aliphatic carbocycles. The first-order chi connectivity index (χ1) is 11.5. The van der Waals surface area contributed by atoms with Gasteiger partial charge in [0.1, 0.15) is 5.75 Å². The van der Waals surface area contributed by atoms with Gasteiger partial charge in [0.2, 0.25) is 0 Å². The molecule has 0 bridgehead atoms. The Balaban J connectivity index is 2.35. The minimum Gasteiger partial charge on any atom is -0.466 e. The lowest BCUT2D eigenvalue weighted by Gasteiger charge is -2.07. The largest absolute Gasteiger partial charge is 0.466 e. The number of methoxy groups -OCH3 is 1. The predicted octanol–water partition coefficient (Wildman–Crippen LogP) is 2.22. The van der Waals surface area contributed by atoms with Crippen molar-refractivity contribution in [3.63, 3.8) is 0 Å². The molecule has 0 saturated heterocycles. The van der Waals surface area contributed by atoms with Gasteiger partial charge in [0.05, 0.1) is 19.3 Å². The molecule has 0 radical (unpaired) electrons. The molecule has 0 fully saturated rings. The highest BCUT2D eigenvalue weighted by atomic mass is 79.9. The van der Waals surface area contributed by atoms with Crippen LogP contribution in [0.15, 0.2) is 34.8 Å². The third kappa shape index (κ3) is 7.19. The number of ether oxygens (including phenoxy) is 3. The minimum atomic E-state index is -0.718. The van der Waals surface area contributed by atoms with E-state index >= 15 is 0 Å². The van der Waals surface area contributed by atoms with E-state index in [9.17, 15) is 19.2 Å². The molecule has 0 aliphatic rings. The van der Waals surface area contributed by atoms with E-state index in [2.05, 4.69) is 20.7 Å². The van der Waals surface area contributed by atoms with Gasteiger partial charge in [-0.2, -0.15) is 0 Å². The summed E-state index contributed by atoms with van der Waals surface area (Å²) in [5.74, 6) is -1.78. The number of carbonyl (C=O) groups excluding carboxylic acids is 4. The van der Waals surface area contributed by atoms with Gasteiger partial charge >= 0.3 is 17.9 Å². The minimum absolute atomic E-state index is 0.00234. The number of rotatable bonds is 8. The van der Waals surface area contributed by atoms with Crippen LogP contribution >= 0.6 is 15.9 Å². The summed E-state index contributed by atoms with van der Waals surface area (Å²) in [7, 11) is 1.19. The molecule has 7 nitrogen and oxygen atoms in total. The smallest absolute Gasteiger partial charge is 0.331 e. The molecule has 128 valence electrons. The molecular weight excluding hydrogens is 384 g/mol. The molecule has 0 N–H and O–H groups in total. The van der Waals surface area contributed by atoms with Crippen LogP contribution in [0.25, 0.3) is 0 Å². The fraction of sp³-hybridized carbons (Fsp3) is 0.250. The van der Waals surface area contributed by atoms with Crippen LogP contribution in [-0.2, 0) is 23.9 Å². The van der Waals surface area contributed by atoms with Gasteiger partial charge in [-0.1, -0.05) is 15.9 Å². The van der Waals surface area contributed by atoms with Gasteiger partial charge in [-0.15, -0.1) is 0 Å². The molecule has 0 saturated carbocycles. The van der Waals surface area contributed by atoms with Gasteiger partial charge in [-0.25, -0.2) is 9.59 Å². The molecule has 0 aliphatic heterocycles. The first-order valence-corrected chi connectivity index (χ1v) is 7.63. The molecule has 0 unspecified atom stereocenters. The Morgan fingerprint density at radius 1 is 1.17 bits per heavy atom. The van der Waals surface area contributed by atoms with E-state index in [1.54, 1.807) is 6.07 Å². The number of aldehydes is 1. The highest BCUT2D eigenvalue weighted by Gasteiger charge is 2.10. The summed E-state index contributed by atoms with van der Waals surface area (Å²) in [6.45, 7) is -0.0136. The number of hydrogen-bond donors (Lipinski definition) is 0. The van der Waals surface area contributed by atoms with Crippen LogP contribution < -0.4 is 4.74 Å². The van der Waals surface area contributed by atoms with Crippen LogP contribution in [0.1, 0.15) is 23.2 Å². The van der Waals surface area contributed by atoms with Gasteiger partial charge in [0, 0.05) is 23.0 Å². The summed E-state index contributed by atoms with van der Waals surface area (Å²) in [5.41, 5.74) is 0.247. The second-order valence-electron chi connectivity index (χ2n) is 4.40. The van der Waals surface area contributed by atoms with Crippen molar-refractivity contribution in [1.29, 1.82) is 0 Å². The van der Waals surface area contributed by atoms with Gasteiger partial charge in [-0.3, -0.25) is 9.59 Å². The molecule has 0 amide bonds. The molecule has 1 aromatic rings. The Morgan fingerprint density at radius 3 is 2.54 bits per heavy atom. The number of esters is 3. The summed E-state index contributed by atoms with van der Waals surface area (Å²) >= 11 is 3.21. The van der Waals surface area contributed by atoms with E-state index in [-0.39, 0.29) is 30.8 Å². The quantitative estimate of drug-likeness (QED) is 0.217. The van der Waals surface area contributed by atoms with Crippen molar-refractivity contribution in [2.24, 2.45) is 0 Å². The second kappa shape index (κ2) is 10.3. The van der Waals surface area contributed by atoms with Gasteiger partial charge < -0.3 is 14.2 Å². The molecule has 24 heavy (non-hydrogen) atoms. The van der Waals surface area contributed by atoms with Crippen molar-refractivity contribution in [2.45, 2.75) is 12.8 Å². The zero-order valence-corrected chi connectivity index (χ0v) is 14.4. The highest BCUT2D eigenvalue weighted by molar-refractivity contribution is 9.10. The van der Waals surface area contributed by atoms with Crippen molar-refractivity contribution in [3.8, 4) is 5.75 Å². The maximum Gasteiger partial charge on any atom is 0.331 e. The van der Waals surface area contributed by atoms with Gasteiger partial charge in [0.25, 0.3) is 0 Å². The molecule has 1 rings (SSSR count). The lowest BCUT2D eigenvalue weighted by molar-refractivity contribution is -0.140. The third-order valence-electron chi connectivity index (χ3n) is 2.65. The molecule has 0 heterocycles. The average molecular weight is 399 g/mol. The lowest BCUT2D eigenvalue weighted by atomic mass is 10.2. The third-order valence-corrected chi connectivity index (χ3v) is 3.14. The van der Waals surface area contributed by atoms with Gasteiger partial charge in [-0.05, 0) is 24.6 Å². The Kier molecular flexibility index (Phi) is 8.42. The fourth-order valence-corrected chi connectivity index (χ4v) is 1.90. The first-order valence-electron chi connectivity index (χ1n) is 6.84. The van der Waals surface area contributed by atoms with Crippen LogP contribution in [-0.4, -0.2) is 37.9 Å². The Hall–Kier alpha value is -2.48. The lowest BCUT2D eigenvalue weighted by Crippen LogP contribution is -2.11. The SMILES string of the molecule is COC(=O)/C=C/C(=O)OCCCC(=O)Oc1ccc(Br)cc1C=O. The monoisotopic (exact) mass is 398 g/mol. The number of benzene rings is 1. The van der Waals surface area contributed by atoms with Crippen LogP contribution in [0.5, 0.6) is 5.75 Å². The van der Waals surface area contributed by atoms with E-state index in [0.717, 1.165) is 12.2 Å². The normalized spacial score (nSPS) is 10.2. The molecule has 0 aromatic heterocycles. The maximum absolute atomic E-state index is 11.7. The van der Waals surface area contributed by atoms with Crippen LogP contribution in [0.4, 0.5) is 0 Å². The van der Waals surface area contributed by atoms with E-state index in [1.807, 2.05) is 0 Å². The summed E-state index contributed by atoms with van der Waals surface area (Å²) in [4.78, 5) is 44.6. The van der Waals surface area contributed by atoms with Crippen molar-refractivity contribution in [1.82, 2.24) is 0 Å². The number of halogens is 1. The Bertz CT molecular complexity index is 652. The summed E-state index contributed by atoms with van der Waals surface area (Å²) in [6.07, 6.45) is 2.70. The molecule has 0 spiro atoms. The van der Waals surface area contributed by atoms with Crippen LogP contribution in [0, 0.1) is 0 Å². The topological polar surface area (TPSA) is 96.0 Å². The Morgan fingerprint density at radius 2 is 1.88 bits per heavy atom. The standard InChI is InChI=1S/C16H15BrO7/c1-22-14(19)6-7-15(20)23-8-2-3-16(21)24-13-5-4-12(17)9-11(13)10-18/h4-7,9-10H,2-3,8H2,1H3/b7-6+. The second-order valence-corrected chi connectivity index (χ2v) is 5.32. The van der Waals surface area contributed by atoms with Crippen molar-refractivity contribution in [2.75, 3.05) is 13.7 Å². The van der Waals surface area contributed by atoms with Crippen LogP contribution in [0.3, 0.4) is 0 Å².